The number of benzene rings is 1. The lowest BCUT2D eigenvalue weighted by Gasteiger charge is -2.36. The highest BCUT2D eigenvalue weighted by molar-refractivity contribution is 5.86. The van der Waals surface area contributed by atoms with Crippen LogP contribution in [-0.4, -0.2) is 69.7 Å². The molecule has 0 atom stereocenters. The third kappa shape index (κ3) is 6.81. The van der Waals surface area contributed by atoms with Gasteiger partial charge in [0.25, 0.3) is 0 Å². The van der Waals surface area contributed by atoms with E-state index in [4.69, 9.17) is 9.15 Å². The summed E-state index contributed by atoms with van der Waals surface area (Å²) in [5.74, 6) is 1.54. The molecule has 1 amide bonds. The van der Waals surface area contributed by atoms with Crippen LogP contribution < -0.4 is 15.5 Å². The Morgan fingerprint density at radius 3 is 2.60 bits per heavy atom. The first kappa shape index (κ1) is 21.7. The van der Waals surface area contributed by atoms with Crippen LogP contribution in [0, 0.1) is 0 Å². The van der Waals surface area contributed by atoms with Gasteiger partial charge in [-0.2, -0.15) is 0 Å². The molecule has 1 fully saturated rings. The second-order valence-electron chi connectivity index (χ2n) is 7.04. The van der Waals surface area contributed by atoms with E-state index < -0.39 is 0 Å². The van der Waals surface area contributed by atoms with Crippen molar-refractivity contribution < 1.29 is 13.9 Å². The Hall–Kier alpha value is -3.00. The number of aliphatic imine (C=N–C) groups is 1. The summed E-state index contributed by atoms with van der Waals surface area (Å²) < 4.78 is 10.8. The van der Waals surface area contributed by atoms with Crippen molar-refractivity contribution in [3.63, 3.8) is 0 Å². The number of carbonyl (C=O) groups is 1. The maximum absolute atomic E-state index is 12.5. The number of hydrogen-bond acceptors (Lipinski definition) is 5. The molecule has 1 aliphatic rings. The van der Waals surface area contributed by atoms with Crippen molar-refractivity contribution in [3.8, 4) is 0 Å². The predicted molar refractivity (Wildman–Crippen MR) is 118 cm³/mol. The van der Waals surface area contributed by atoms with Gasteiger partial charge >= 0.3 is 0 Å². The van der Waals surface area contributed by atoms with Gasteiger partial charge in [0.2, 0.25) is 5.91 Å². The number of furan rings is 1. The van der Waals surface area contributed by atoms with E-state index >= 15 is 0 Å². The molecule has 3 rings (SSSR count). The highest BCUT2D eigenvalue weighted by atomic mass is 16.5. The van der Waals surface area contributed by atoms with Crippen molar-refractivity contribution in [3.05, 3.63) is 54.5 Å². The molecule has 1 aliphatic heterocycles. The standard InChI is InChI=1S/C22H31N5O3/c1-23-22(24-10-6-15-29-18-20-9-5-16-30-20)25-17-21(28)27-13-11-26(12-14-27)19-7-3-2-4-8-19/h2-5,7-9,16H,6,10-15,17-18H2,1H3,(H2,23,24,25). The molecule has 1 aromatic heterocycles. The van der Waals surface area contributed by atoms with Gasteiger partial charge in [0.05, 0.1) is 12.8 Å². The van der Waals surface area contributed by atoms with Gasteiger partial charge in [-0.25, -0.2) is 0 Å². The van der Waals surface area contributed by atoms with Crippen molar-refractivity contribution in [2.24, 2.45) is 4.99 Å². The number of para-hydroxylation sites is 1. The Kier molecular flexibility index (Phi) is 8.59. The van der Waals surface area contributed by atoms with Crippen LogP contribution in [0.4, 0.5) is 5.69 Å². The fourth-order valence-corrected chi connectivity index (χ4v) is 3.29. The van der Waals surface area contributed by atoms with Crippen molar-refractivity contribution >= 4 is 17.6 Å². The summed E-state index contributed by atoms with van der Waals surface area (Å²) in [6, 6.07) is 14.1. The summed E-state index contributed by atoms with van der Waals surface area (Å²) in [7, 11) is 1.70. The molecule has 0 saturated carbocycles. The Labute approximate surface area is 177 Å². The highest BCUT2D eigenvalue weighted by Crippen LogP contribution is 2.15. The number of guanidine groups is 1. The van der Waals surface area contributed by atoms with E-state index in [-0.39, 0.29) is 12.5 Å². The zero-order chi connectivity index (χ0) is 21.0. The molecule has 2 aromatic rings. The molecule has 2 N–H and O–H groups in total. The molecular weight excluding hydrogens is 382 g/mol. The Balaban J connectivity index is 1.27. The van der Waals surface area contributed by atoms with Crippen molar-refractivity contribution in [1.29, 1.82) is 0 Å². The summed E-state index contributed by atoms with van der Waals surface area (Å²) in [6.45, 7) is 5.20. The third-order valence-electron chi connectivity index (χ3n) is 4.97. The number of amides is 1. The van der Waals surface area contributed by atoms with Gasteiger partial charge in [-0.3, -0.25) is 9.79 Å². The lowest BCUT2D eigenvalue weighted by Crippen LogP contribution is -2.52. The fourth-order valence-electron chi connectivity index (χ4n) is 3.29. The zero-order valence-electron chi connectivity index (χ0n) is 17.5. The number of rotatable bonds is 9. The quantitative estimate of drug-likeness (QED) is 0.370. The molecule has 8 nitrogen and oxygen atoms in total. The van der Waals surface area contributed by atoms with E-state index in [1.165, 1.54) is 5.69 Å². The molecular formula is C22H31N5O3. The number of ether oxygens (including phenoxy) is 1. The monoisotopic (exact) mass is 413 g/mol. The minimum absolute atomic E-state index is 0.0902. The molecule has 2 heterocycles. The first-order chi connectivity index (χ1) is 14.8. The van der Waals surface area contributed by atoms with E-state index in [0.29, 0.717) is 25.7 Å². The third-order valence-corrected chi connectivity index (χ3v) is 4.97. The molecule has 162 valence electrons. The fraction of sp³-hybridized carbons (Fsp3) is 0.455. The van der Waals surface area contributed by atoms with Crippen LogP contribution in [0.15, 0.2) is 58.1 Å². The summed E-state index contributed by atoms with van der Waals surface area (Å²) in [4.78, 5) is 20.9. The average molecular weight is 414 g/mol. The first-order valence-electron chi connectivity index (χ1n) is 10.4. The van der Waals surface area contributed by atoms with Crippen LogP contribution >= 0.6 is 0 Å². The van der Waals surface area contributed by atoms with Crippen LogP contribution in [0.2, 0.25) is 0 Å². The molecule has 0 radical (unpaired) electrons. The number of nitrogens with zero attached hydrogens (tertiary/aromatic N) is 3. The van der Waals surface area contributed by atoms with Crippen LogP contribution in [0.25, 0.3) is 0 Å². The minimum atomic E-state index is 0.0902. The van der Waals surface area contributed by atoms with Gasteiger partial charge in [-0.05, 0) is 30.7 Å². The van der Waals surface area contributed by atoms with Gasteiger partial charge in [0.15, 0.2) is 5.96 Å². The molecule has 0 aliphatic carbocycles. The number of hydrogen-bond donors (Lipinski definition) is 2. The second kappa shape index (κ2) is 11.9. The van der Waals surface area contributed by atoms with E-state index in [9.17, 15) is 4.79 Å². The van der Waals surface area contributed by atoms with Crippen molar-refractivity contribution in [1.82, 2.24) is 15.5 Å². The maximum atomic E-state index is 12.5. The van der Waals surface area contributed by atoms with Gasteiger partial charge < -0.3 is 29.6 Å². The van der Waals surface area contributed by atoms with Gasteiger partial charge in [0.1, 0.15) is 12.4 Å². The van der Waals surface area contributed by atoms with E-state index in [0.717, 1.165) is 38.4 Å². The second-order valence-corrected chi connectivity index (χ2v) is 7.04. The van der Waals surface area contributed by atoms with Crippen LogP contribution in [-0.2, 0) is 16.1 Å². The number of anilines is 1. The topological polar surface area (TPSA) is 82.3 Å². The average Bonchev–Trinajstić information content (AvgIpc) is 3.32. The summed E-state index contributed by atoms with van der Waals surface area (Å²) in [5.41, 5.74) is 1.21. The van der Waals surface area contributed by atoms with E-state index in [1.807, 2.05) is 35.2 Å². The zero-order valence-corrected chi connectivity index (χ0v) is 17.5. The Morgan fingerprint density at radius 1 is 1.10 bits per heavy atom. The number of nitrogens with one attached hydrogen (secondary N) is 2. The molecule has 0 unspecified atom stereocenters. The smallest absolute Gasteiger partial charge is 0.242 e. The van der Waals surface area contributed by atoms with Gasteiger partial charge in [-0.15, -0.1) is 0 Å². The number of carbonyl (C=O) groups excluding carboxylic acids is 1. The summed E-state index contributed by atoms with van der Waals surface area (Å²) >= 11 is 0. The summed E-state index contributed by atoms with van der Waals surface area (Å²) in [6.07, 6.45) is 2.47. The highest BCUT2D eigenvalue weighted by Gasteiger charge is 2.21. The van der Waals surface area contributed by atoms with Crippen LogP contribution in [0.3, 0.4) is 0 Å². The van der Waals surface area contributed by atoms with Crippen molar-refractivity contribution in [2.45, 2.75) is 13.0 Å². The Bertz CT molecular complexity index is 771. The predicted octanol–water partition coefficient (Wildman–Crippen LogP) is 1.70. The summed E-state index contributed by atoms with van der Waals surface area (Å²) in [5, 5.41) is 6.31. The maximum Gasteiger partial charge on any atom is 0.242 e. The van der Waals surface area contributed by atoms with Crippen LogP contribution in [0.5, 0.6) is 0 Å². The molecule has 0 spiro atoms. The van der Waals surface area contributed by atoms with E-state index in [2.05, 4.69) is 32.7 Å². The molecule has 0 bridgehead atoms. The molecule has 8 heteroatoms. The first-order valence-corrected chi connectivity index (χ1v) is 10.4. The normalized spacial score (nSPS) is 14.6. The molecule has 1 aromatic carbocycles. The number of piperazine rings is 1. The van der Waals surface area contributed by atoms with Crippen LogP contribution in [0.1, 0.15) is 12.2 Å². The molecule has 1 saturated heterocycles. The minimum Gasteiger partial charge on any atom is -0.467 e. The van der Waals surface area contributed by atoms with Crippen molar-refractivity contribution in [2.75, 3.05) is 57.8 Å². The van der Waals surface area contributed by atoms with E-state index in [1.54, 1.807) is 13.3 Å². The SMILES string of the molecule is CN=C(NCCCOCc1ccco1)NCC(=O)N1CCN(c2ccccc2)CC1. The largest absolute Gasteiger partial charge is 0.467 e. The van der Waals surface area contributed by atoms with Gasteiger partial charge in [0, 0.05) is 52.1 Å². The Morgan fingerprint density at radius 2 is 1.90 bits per heavy atom. The van der Waals surface area contributed by atoms with Gasteiger partial charge in [-0.1, -0.05) is 18.2 Å². The molecule has 30 heavy (non-hydrogen) atoms. The lowest BCUT2D eigenvalue weighted by molar-refractivity contribution is -0.130. The lowest BCUT2D eigenvalue weighted by atomic mass is 10.2.